The largest absolute Gasteiger partial charge is 0.312 e. The van der Waals surface area contributed by atoms with Gasteiger partial charge in [-0.3, -0.25) is 9.88 Å². The summed E-state index contributed by atoms with van der Waals surface area (Å²) >= 11 is 6.32. The molecule has 0 bridgehead atoms. The molecule has 0 saturated carbocycles. The number of rotatable bonds is 3. The van der Waals surface area contributed by atoms with Crippen LogP contribution in [0.25, 0.3) is 10.9 Å². The van der Waals surface area contributed by atoms with E-state index in [0.717, 1.165) is 31.3 Å². The molecular formula is C15H17ClN4O. The number of aromatic nitrogens is 1. The van der Waals surface area contributed by atoms with Gasteiger partial charge in [-0.05, 0) is 49.3 Å². The molecule has 0 spiro atoms. The van der Waals surface area contributed by atoms with Crippen molar-refractivity contribution in [3.05, 3.63) is 39.9 Å². The van der Waals surface area contributed by atoms with Crippen molar-refractivity contribution >= 4 is 28.2 Å². The lowest BCUT2D eigenvalue weighted by atomic mass is 10.0. The van der Waals surface area contributed by atoms with E-state index >= 15 is 0 Å². The van der Waals surface area contributed by atoms with Gasteiger partial charge in [0.15, 0.2) is 0 Å². The van der Waals surface area contributed by atoms with Gasteiger partial charge in [-0.2, -0.15) is 0 Å². The van der Waals surface area contributed by atoms with Crippen LogP contribution in [0.5, 0.6) is 0 Å². The molecule has 0 radical (unpaired) electrons. The van der Waals surface area contributed by atoms with Crippen molar-refractivity contribution in [3.63, 3.8) is 0 Å². The Balaban J connectivity index is 2.10. The summed E-state index contributed by atoms with van der Waals surface area (Å²) in [5, 5.41) is 4.45. The van der Waals surface area contributed by atoms with Crippen molar-refractivity contribution in [1.29, 1.82) is 0 Å². The molecule has 0 amide bonds. The number of nitrogens with two attached hydrogens (primary N) is 1. The summed E-state index contributed by atoms with van der Waals surface area (Å²) in [6.07, 6.45) is 4.72. The van der Waals surface area contributed by atoms with Crippen LogP contribution in [0.15, 0.2) is 29.6 Å². The van der Waals surface area contributed by atoms with Gasteiger partial charge in [0.25, 0.3) is 0 Å². The molecule has 2 heterocycles. The first-order chi connectivity index (χ1) is 10.2. The SMILES string of the molecule is NC(c1cc(Cl)c2cccnc2c1N=O)N1CCCCC1. The van der Waals surface area contributed by atoms with Gasteiger partial charge in [0.05, 0.1) is 11.2 Å². The van der Waals surface area contributed by atoms with Crippen molar-refractivity contribution in [1.82, 2.24) is 9.88 Å². The lowest BCUT2D eigenvalue weighted by molar-refractivity contribution is 0.167. The number of benzene rings is 1. The number of piperidine rings is 1. The first-order valence-electron chi connectivity index (χ1n) is 7.12. The molecule has 0 aliphatic carbocycles. The van der Waals surface area contributed by atoms with E-state index in [1.165, 1.54) is 6.42 Å². The monoisotopic (exact) mass is 304 g/mol. The molecule has 1 aromatic carbocycles. The Kier molecular flexibility index (Phi) is 4.14. The van der Waals surface area contributed by atoms with Crippen LogP contribution in [0.2, 0.25) is 5.02 Å². The predicted molar refractivity (Wildman–Crippen MR) is 84.6 cm³/mol. The minimum atomic E-state index is -0.373. The molecule has 1 saturated heterocycles. The van der Waals surface area contributed by atoms with Crippen molar-refractivity contribution in [2.45, 2.75) is 25.4 Å². The van der Waals surface area contributed by atoms with E-state index in [9.17, 15) is 4.91 Å². The fourth-order valence-electron chi connectivity index (χ4n) is 2.92. The summed E-state index contributed by atoms with van der Waals surface area (Å²) in [6, 6.07) is 5.37. The maximum absolute atomic E-state index is 11.3. The molecule has 5 nitrogen and oxygen atoms in total. The molecule has 1 atom stereocenters. The summed E-state index contributed by atoms with van der Waals surface area (Å²) in [5.41, 5.74) is 7.82. The molecule has 2 aromatic rings. The summed E-state index contributed by atoms with van der Waals surface area (Å²) in [7, 11) is 0. The molecule has 2 N–H and O–H groups in total. The molecule has 1 aromatic heterocycles. The van der Waals surface area contributed by atoms with Gasteiger partial charge in [-0.1, -0.05) is 18.0 Å². The number of hydrogen-bond donors (Lipinski definition) is 1. The van der Waals surface area contributed by atoms with Crippen LogP contribution in [0.4, 0.5) is 5.69 Å². The molecule has 110 valence electrons. The molecule has 1 unspecified atom stereocenters. The Morgan fingerprint density at radius 2 is 2.10 bits per heavy atom. The fourth-order valence-corrected chi connectivity index (χ4v) is 3.19. The highest BCUT2D eigenvalue weighted by Gasteiger charge is 2.24. The van der Waals surface area contributed by atoms with Crippen LogP contribution >= 0.6 is 11.6 Å². The Labute approximate surface area is 128 Å². The Hall–Kier alpha value is -1.56. The van der Waals surface area contributed by atoms with Gasteiger partial charge in [-0.15, -0.1) is 4.91 Å². The van der Waals surface area contributed by atoms with Gasteiger partial charge < -0.3 is 5.73 Å². The normalized spacial score (nSPS) is 17.8. The molecule has 6 heteroatoms. The zero-order valence-electron chi connectivity index (χ0n) is 11.6. The van der Waals surface area contributed by atoms with Gasteiger partial charge in [-0.25, -0.2) is 0 Å². The maximum Gasteiger partial charge on any atom is 0.140 e. The lowest BCUT2D eigenvalue weighted by Gasteiger charge is -2.32. The van der Waals surface area contributed by atoms with E-state index in [2.05, 4.69) is 15.1 Å². The number of nitrogens with zero attached hydrogens (tertiary/aromatic N) is 3. The minimum absolute atomic E-state index is 0.299. The highest BCUT2D eigenvalue weighted by Crippen LogP contribution is 2.37. The Bertz CT molecular complexity index is 670. The minimum Gasteiger partial charge on any atom is -0.312 e. The molecular weight excluding hydrogens is 288 g/mol. The topological polar surface area (TPSA) is 71.6 Å². The molecule has 1 fully saturated rings. The van der Waals surface area contributed by atoms with Crippen molar-refractivity contribution in [2.75, 3.05) is 13.1 Å². The molecule has 1 aliphatic heterocycles. The second-order valence-electron chi connectivity index (χ2n) is 5.33. The zero-order chi connectivity index (χ0) is 14.8. The smallest absolute Gasteiger partial charge is 0.140 e. The highest BCUT2D eigenvalue weighted by molar-refractivity contribution is 6.36. The number of halogens is 1. The maximum atomic E-state index is 11.3. The van der Waals surface area contributed by atoms with Crippen LogP contribution in [0, 0.1) is 4.91 Å². The van der Waals surface area contributed by atoms with E-state index in [4.69, 9.17) is 17.3 Å². The highest BCUT2D eigenvalue weighted by atomic mass is 35.5. The van der Waals surface area contributed by atoms with Crippen LogP contribution in [-0.4, -0.2) is 23.0 Å². The number of fused-ring (bicyclic) bond motifs is 1. The Morgan fingerprint density at radius 1 is 1.33 bits per heavy atom. The number of nitroso groups, excluding NO2 is 1. The number of likely N-dealkylation sites (tertiary alicyclic amines) is 1. The quantitative estimate of drug-likeness (QED) is 0.877. The van der Waals surface area contributed by atoms with E-state index in [0.29, 0.717) is 21.8 Å². The fraction of sp³-hybridized carbons (Fsp3) is 0.400. The summed E-state index contributed by atoms with van der Waals surface area (Å²) < 4.78 is 0. The number of pyridine rings is 1. The van der Waals surface area contributed by atoms with E-state index < -0.39 is 0 Å². The first kappa shape index (κ1) is 14.4. The number of hydrogen-bond acceptors (Lipinski definition) is 5. The summed E-state index contributed by atoms with van der Waals surface area (Å²) in [4.78, 5) is 17.7. The van der Waals surface area contributed by atoms with Gasteiger partial charge in [0.2, 0.25) is 0 Å². The zero-order valence-corrected chi connectivity index (χ0v) is 12.4. The van der Waals surface area contributed by atoms with E-state index in [1.54, 1.807) is 18.3 Å². The van der Waals surface area contributed by atoms with Gasteiger partial charge in [0.1, 0.15) is 11.2 Å². The van der Waals surface area contributed by atoms with Crippen LogP contribution in [0.1, 0.15) is 31.0 Å². The van der Waals surface area contributed by atoms with Crippen LogP contribution in [-0.2, 0) is 0 Å². The Morgan fingerprint density at radius 3 is 2.81 bits per heavy atom. The van der Waals surface area contributed by atoms with Crippen molar-refractivity contribution in [2.24, 2.45) is 10.9 Å². The molecule has 21 heavy (non-hydrogen) atoms. The van der Waals surface area contributed by atoms with E-state index in [1.807, 2.05) is 6.07 Å². The van der Waals surface area contributed by atoms with Gasteiger partial charge >= 0.3 is 0 Å². The second-order valence-corrected chi connectivity index (χ2v) is 5.74. The average molecular weight is 305 g/mol. The molecule has 3 rings (SSSR count). The third-order valence-corrected chi connectivity index (χ3v) is 4.35. The third-order valence-electron chi connectivity index (χ3n) is 4.04. The second kappa shape index (κ2) is 6.05. The average Bonchev–Trinajstić information content (AvgIpc) is 2.55. The van der Waals surface area contributed by atoms with Crippen molar-refractivity contribution < 1.29 is 0 Å². The predicted octanol–water partition coefficient (Wildman–Crippen LogP) is 3.73. The first-order valence-corrected chi connectivity index (χ1v) is 7.50. The molecule has 1 aliphatic rings. The van der Waals surface area contributed by atoms with Crippen molar-refractivity contribution in [3.8, 4) is 0 Å². The lowest BCUT2D eigenvalue weighted by Crippen LogP contribution is -2.38. The van der Waals surface area contributed by atoms with E-state index in [-0.39, 0.29) is 6.17 Å². The van der Waals surface area contributed by atoms with Crippen LogP contribution < -0.4 is 5.73 Å². The summed E-state index contributed by atoms with van der Waals surface area (Å²) in [5.74, 6) is 0. The third kappa shape index (κ3) is 2.64. The standard InChI is InChI=1S/C15H17ClN4O/c16-12-9-11(15(17)20-7-2-1-3-8-20)14(19-21)13-10(12)5-4-6-18-13/h4-6,9,15H,1-3,7-8,17H2. The summed E-state index contributed by atoms with van der Waals surface area (Å²) in [6.45, 7) is 1.86. The van der Waals surface area contributed by atoms with Gasteiger partial charge in [0, 0.05) is 17.1 Å². The van der Waals surface area contributed by atoms with Crippen LogP contribution in [0.3, 0.4) is 0 Å².